The highest BCUT2D eigenvalue weighted by molar-refractivity contribution is 7.92. The number of hydrogen-bond donors (Lipinski definition) is 5. The predicted octanol–water partition coefficient (Wildman–Crippen LogP) is 8.26. The molecule has 0 radical (unpaired) electrons. The topological polar surface area (TPSA) is 230 Å². The highest BCUT2D eigenvalue weighted by atomic mass is 32.2. The first-order chi connectivity index (χ1) is 39.6. The molecule has 6 fully saturated rings. The van der Waals surface area contributed by atoms with Crippen molar-refractivity contribution in [3.05, 3.63) is 180 Å². The van der Waals surface area contributed by atoms with Crippen LogP contribution in [0.25, 0.3) is 0 Å². The van der Waals surface area contributed by atoms with E-state index in [9.17, 15) is 64.4 Å². The Morgan fingerprint density at radius 3 is 1.12 bits per heavy atom. The normalized spacial score (nSPS) is 26.0. The molecule has 3 saturated carbocycles. The molecule has 6 aromatic rings. The van der Waals surface area contributed by atoms with Gasteiger partial charge in [0.1, 0.15) is 5.75 Å². The fraction of sp³-hybridized carbons (Fsp3) is 0.413. The van der Waals surface area contributed by atoms with Gasteiger partial charge in [-0.1, -0.05) is 72.8 Å². The first-order valence-corrected chi connectivity index (χ1v) is 32.9. The highest BCUT2D eigenvalue weighted by Crippen LogP contribution is 2.46. The minimum Gasteiger partial charge on any atom is -0.508 e. The second-order valence-corrected chi connectivity index (χ2v) is 30.2. The number of Topliss-reactive ketones (excluding diaryl/α,β-unsaturated/α-hetero) is 1. The Morgan fingerprint density at radius 2 is 0.759 bits per heavy atom. The summed E-state index contributed by atoms with van der Waals surface area (Å²) in [5, 5.41) is 47.7. The number of fused-ring (bicyclic) bond motifs is 3. The lowest BCUT2D eigenvalue weighted by Gasteiger charge is -2.22. The van der Waals surface area contributed by atoms with Crippen LogP contribution in [0, 0.1) is 47.1 Å². The van der Waals surface area contributed by atoms with Gasteiger partial charge in [-0.15, -0.1) is 0 Å². The molecule has 3 heterocycles. The number of phenolic OH excluding ortho intramolecular Hbond substituents is 3. The van der Waals surface area contributed by atoms with Crippen molar-refractivity contribution in [2.24, 2.45) is 35.5 Å². The molecule has 442 valence electrons. The van der Waals surface area contributed by atoms with Crippen molar-refractivity contribution < 1.29 is 64.4 Å². The molecule has 3 aliphatic carbocycles. The number of aliphatic hydroxyl groups is 2. The zero-order chi connectivity index (χ0) is 58.8. The summed E-state index contributed by atoms with van der Waals surface area (Å²) in [5.74, 6) is -0.613. The summed E-state index contributed by atoms with van der Waals surface area (Å²) < 4.78 is 104. The number of aliphatic hydroxyl groups excluding tert-OH is 2. The van der Waals surface area contributed by atoms with Gasteiger partial charge in [-0.05, 0) is 164 Å². The number of ketones is 1. The van der Waals surface area contributed by atoms with Gasteiger partial charge >= 0.3 is 0 Å². The summed E-state index contributed by atoms with van der Waals surface area (Å²) in [7, 11) is -9.89. The van der Waals surface area contributed by atoms with Crippen molar-refractivity contribution >= 4 is 35.3 Å². The molecule has 11 atom stereocenters. The number of carbonyl (C=O) groups excluding carboxylic acids is 1. The number of carbonyl (C=O) groups is 1. The molecule has 5 N–H and O–H groups in total. The third-order valence-electron chi connectivity index (χ3n) is 18.0. The Kier molecular flexibility index (Phi) is 18.3. The number of likely N-dealkylation sites (tertiary alicyclic amines) is 3. The average Bonchev–Trinajstić information content (AvgIpc) is 4.28. The first-order valence-electron chi connectivity index (χ1n) is 28.3. The Hall–Kier alpha value is -6.10. The minimum atomic E-state index is -3.32. The molecule has 15 nitrogen and oxygen atoms in total. The second kappa shape index (κ2) is 25.2. The van der Waals surface area contributed by atoms with Gasteiger partial charge in [-0.3, -0.25) is 19.5 Å². The average molecular weight is 1200 g/mol. The fourth-order valence-corrected chi connectivity index (χ4v) is 19.5. The van der Waals surface area contributed by atoms with Gasteiger partial charge in [0.15, 0.2) is 58.4 Å². The molecular formula is C63H71F2N3O12S3. The molecule has 12 rings (SSSR count). The standard InChI is InChI=1S/C21H24FNO4S.C21H22FNO4S.C21H25NO4S/c2*22-19-10-14(6-7-20(19)24)21(25)13-23-11-15-8-18(9-16(15)12-23)28(26,27)17-4-2-1-3-5-17;23-18-8-6-15(7-9-18)21(24)14-22-12-16-10-20(11-17(16)13-22)27(25,26)19-4-2-1-3-5-19/h1-7,10,15-16,18,21,24-25H,8-9,11-13H2;1-7,10,15-16,18,24H,8-9,11-13H2;1-9,16-17,20-21,23-24H,10-14H2/t15-,16+,18?,21?;15-,16+,18?;16-,17+,20?,21?. The van der Waals surface area contributed by atoms with E-state index in [4.69, 9.17) is 0 Å². The van der Waals surface area contributed by atoms with E-state index >= 15 is 0 Å². The molecule has 5 unspecified atom stereocenters. The fourth-order valence-electron chi connectivity index (χ4n) is 13.7. The van der Waals surface area contributed by atoms with Crippen LogP contribution in [0.15, 0.2) is 166 Å². The SMILES string of the molecule is O=C(CN1C[C@H]2CC(S(=O)(=O)c3ccccc3)C[C@H]2C1)c1ccc(O)c(F)c1.O=S(=O)(c1ccccc1)C1C[C@@H]2CN(CC(O)c3ccc(O)c(F)c3)C[C@@H]2C1.O=S(=O)(c1ccccc1)C1C[C@@H]2CN(CC(O)c3ccc(O)cc3)C[C@@H]2C1. The van der Waals surface area contributed by atoms with E-state index in [-0.39, 0.29) is 51.2 Å². The number of nitrogens with zero attached hydrogens (tertiary/aromatic N) is 3. The first kappa shape index (κ1) is 60.0. The number of rotatable bonds is 15. The maximum atomic E-state index is 13.5. The summed E-state index contributed by atoms with van der Waals surface area (Å²) in [6, 6.07) is 40.1. The van der Waals surface area contributed by atoms with Gasteiger partial charge in [-0.2, -0.15) is 0 Å². The summed E-state index contributed by atoms with van der Waals surface area (Å²) in [6.45, 7) is 5.58. The summed E-state index contributed by atoms with van der Waals surface area (Å²) in [5.41, 5.74) is 1.45. The molecule has 6 aromatic carbocycles. The van der Waals surface area contributed by atoms with E-state index in [1.165, 1.54) is 24.3 Å². The molecule has 20 heteroatoms. The zero-order valence-corrected chi connectivity index (χ0v) is 48.3. The number of sulfone groups is 3. The van der Waals surface area contributed by atoms with Gasteiger partial charge in [0.25, 0.3) is 0 Å². The van der Waals surface area contributed by atoms with Crippen LogP contribution in [0.3, 0.4) is 0 Å². The number of phenols is 3. The molecule has 0 spiro atoms. The zero-order valence-electron chi connectivity index (χ0n) is 45.8. The van der Waals surface area contributed by atoms with Crippen LogP contribution < -0.4 is 0 Å². The van der Waals surface area contributed by atoms with Crippen molar-refractivity contribution in [1.82, 2.24) is 14.7 Å². The van der Waals surface area contributed by atoms with Gasteiger partial charge < -0.3 is 25.5 Å². The maximum absolute atomic E-state index is 13.5. The lowest BCUT2D eigenvalue weighted by atomic mass is 10.0. The number of halogens is 2. The third-order valence-corrected chi connectivity index (χ3v) is 24.6. The molecular weight excluding hydrogens is 1120 g/mol. The van der Waals surface area contributed by atoms with Gasteiger partial charge in [0.05, 0.1) is 49.2 Å². The Labute approximate surface area is 484 Å². The Bertz CT molecular complexity index is 3530. The quantitative estimate of drug-likeness (QED) is 0.0610. The largest absolute Gasteiger partial charge is 0.508 e. The minimum absolute atomic E-state index is 0.174. The van der Waals surface area contributed by atoms with Crippen LogP contribution >= 0.6 is 0 Å². The molecule has 3 aliphatic heterocycles. The van der Waals surface area contributed by atoms with E-state index in [1.807, 2.05) is 17.0 Å². The number of aromatic hydroxyl groups is 3. The van der Waals surface area contributed by atoms with Crippen molar-refractivity contribution in [3.8, 4) is 17.2 Å². The van der Waals surface area contributed by atoms with Gasteiger partial charge in [0, 0.05) is 57.9 Å². The van der Waals surface area contributed by atoms with E-state index in [0.717, 1.165) is 43.9 Å². The lowest BCUT2D eigenvalue weighted by molar-refractivity contribution is 0.0940. The predicted molar refractivity (Wildman–Crippen MR) is 309 cm³/mol. The Balaban J connectivity index is 0.000000139. The number of hydrogen-bond acceptors (Lipinski definition) is 15. The number of benzene rings is 6. The smallest absolute Gasteiger partial charge is 0.181 e. The van der Waals surface area contributed by atoms with Crippen LogP contribution in [0.4, 0.5) is 8.78 Å². The molecule has 6 aliphatic rings. The van der Waals surface area contributed by atoms with E-state index in [1.54, 1.807) is 103 Å². The maximum Gasteiger partial charge on any atom is 0.181 e. The van der Waals surface area contributed by atoms with Crippen LogP contribution in [-0.4, -0.2) is 146 Å². The van der Waals surface area contributed by atoms with Crippen molar-refractivity contribution in [2.45, 2.75) is 81.2 Å². The van der Waals surface area contributed by atoms with Gasteiger partial charge in [-0.25, -0.2) is 34.0 Å². The van der Waals surface area contributed by atoms with Crippen LogP contribution in [0.1, 0.15) is 72.2 Å². The van der Waals surface area contributed by atoms with Crippen molar-refractivity contribution in [1.29, 1.82) is 0 Å². The van der Waals surface area contributed by atoms with Crippen molar-refractivity contribution in [2.75, 3.05) is 58.9 Å². The summed E-state index contributed by atoms with van der Waals surface area (Å²) in [6.07, 6.45) is 2.46. The van der Waals surface area contributed by atoms with E-state index < -0.39 is 64.9 Å². The van der Waals surface area contributed by atoms with Crippen LogP contribution in [-0.2, 0) is 29.5 Å². The summed E-state index contributed by atoms with van der Waals surface area (Å²) in [4.78, 5) is 20.0. The third kappa shape index (κ3) is 13.7. The Morgan fingerprint density at radius 1 is 0.434 bits per heavy atom. The second-order valence-electron chi connectivity index (χ2n) is 23.5. The van der Waals surface area contributed by atoms with E-state index in [2.05, 4.69) is 9.80 Å². The van der Waals surface area contributed by atoms with Gasteiger partial charge in [0.2, 0.25) is 0 Å². The molecule has 0 amide bonds. The number of β-amino-alcohol motifs (C(OH)–C–C–N with tert-alkyl or cyclic N) is 2. The summed E-state index contributed by atoms with van der Waals surface area (Å²) >= 11 is 0. The van der Waals surface area contributed by atoms with Crippen molar-refractivity contribution in [3.63, 3.8) is 0 Å². The lowest BCUT2D eigenvalue weighted by Crippen LogP contribution is -2.30. The van der Waals surface area contributed by atoms with E-state index in [0.29, 0.717) is 109 Å². The highest BCUT2D eigenvalue weighted by Gasteiger charge is 2.48. The molecule has 0 bridgehead atoms. The van der Waals surface area contributed by atoms with Crippen LogP contribution in [0.5, 0.6) is 17.2 Å². The van der Waals surface area contributed by atoms with Crippen LogP contribution in [0.2, 0.25) is 0 Å². The molecule has 3 saturated heterocycles. The monoisotopic (exact) mass is 1200 g/mol. The molecule has 0 aromatic heterocycles. The molecule has 83 heavy (non-hydrogen) atoms.